The molecule has 0 spiro atoms. The van der Waals surface area contributed by atoms with Gasteiger partial charge in [-0.2, -0.15) is 0 Å². The number of hydrogen-bond donors (Lipinski definition) is 2. The highest BCUT2D eigenvalue weighted by molar-refractivity contribution is 8.22. The van der Waals surface area contributed by atoms with E-state index in [2.05, 4.69) is 5.32 Å². The van der Waals surface area contributed by atoms with E-state index in [0.717, 1.165) is 10.1 Å². The Morgan fingerprint density at radius 1 is 1.20 bits per heavy atom. The van der Waals surface area contributed by atoms with E-state index in [-0.39, 0.29) is 0 Å². The van der Waals surface area contributed by atoms with Crippen molar-refractivity contribution in [3.05, 3.63) is 0 Å². The first-order chi connectivity index (χ1) is 7.33. The Kier molecular flexibility index (Phi) is 7.40. The minimum atomic E-state index is 0.614. The van der Waals surface area contributed by atoms with Gasteiger partial charge in [-0.3, -0.25) is 0 Å². The van der Waals surface area contributed by atoms with Crippen LogP contribution in [0.5, 0.6) is 0 Å². The predicted molar refractivity (Wildman–Crippen MR) is 73.4 cm³/mol. The Labute approximate surface area is 103 Å². The molecule has 15 heavy (non-hydrogen) atoms. The molecule has 0 amide bonds. The fraction of sp³-hybridized carbons (Fsp3) is 0.909. The van der Waals surface area contributed by atoms with E-state index in [9.17, 15) is 0 Å². The standard InChI is InChI=1S/C11H22N2S2/c12-8-9-15-11(14)13-10-6-4-2-1-3-5-7-10/h10H,1-9,12H2,(H,13,14). The van der Waals surface area contributed by atoms with Gasteiger partial charge in [-0.25, -0.2) is 0 Å². The first-order valence-electron chi connectivity index (χ1n) is 5.96. The Bertz CT molecular complexity index is 177. The van der Waals surface area contributed by atoms with E-state index >= 15 is 0 Å². The van der Waals surface area contributed by atoms with Gasteiger partial charge in [0.2, 0.25) is 0 Å². The highest BCUT2D eigenvalue weighted by atomic mass is 32.2. The van der Waals surface area contributed by atoms with Gasteiger partial charge in [-0.15, -0.1) is 0 Å². The molecular formula is C11H22N2S2. The summed E-state index contributed by atoms with van der Waals surface area (Å²) in [5.41, 5.74) is 5.45. The third-order valence-corrected chi connectivity index (χ3v) is 4.07. The van der Waals surface area contributed by atoms with Crippen LogP contribution in [-0.2, 0) is 0 Å². The maximum atomic E-state index is 5.45. The number of rotatable bonds is 3. The molecule has 1 aliphatic carbocycles. The fourth-order valence-electron chi connectivity index (χ4n) is 1.96. The first-order valence-corrected chi connectivity index (χ1v) is 7.35. The maximum absolute atomic E-state index is 5.45. The number of nitrogens with one attached hydrogen (secondary N) is 1. The van der Waals surface area contributed by atoms with Crippen LogP contribution < -0.4 is 11.1 Å². The van der Waals surface area contributed by atoms with E-state index < -0.39 is 0 Å². The van der Waals surface area contributed by atoms with Crippen LogP contribution in [-0.4, -0.2) is 22.7 Å². The summed E-state index contributed by atoms with van der Waals surface area (Å²) in [5, 5.41) is 3.46. The van der Waals surface area contributed by atoms with Gasteiger partial charge in [0.05, 0.1) is 0 Å². The average Bonchev–Trinajstić information content (AvgIpc) is 2.19. The predicted octanol–water partition coefficient (Wildman–Crippen LogP) is 2.67. The van der Waals surface area contributed by atoms with Crippen LogP contribution in [0, 0.1) is 0 Å². The van der Waals surface area contributed by atoms with Crippen LogP contribution in [0.2, 0.25) is 0 Å². The van der Waals surface area contributed by atoms with E-state index in [1.54, 1.807) is 11.8 Å². The molecule has 0 saturated heterocycles. The smallest absolute Gasteiger partial charge is 0.134 e. The Hall–Kier alpha value is 0.200. The topological polar surface area (TPSA) is 38.0 Å². The monoisotopic (exact) mass is 246 g/mol. The van der Waals surface area contributed by atoms with Crippen LogP contribution in [0.15, 0.2) is 0 Å². The van der Waals surface area contributed by atoms with Crippen molar-refractivity contribution in [2.45, 2.75) is 51.0 Å². The Balaban J connectivity index is 2.19. The summed E-state index contributed by atoms with van der Waals surface area (Å²) < 4.78 is 0.936. The van der Waals surface area contributed by atoms with Gasteiger partial charge in [-0.1, -0.05) is 56.1 Å². The first kappa shape index (κ1) is 13.3. The fourth-order valence-corrected chi connectivity index (χ4v) is 2.93. The van der Waals surface area contributed by atoms with Crippen molar-refractivity contribution in [1.82, 2.24) is 5.32 Å². The molecule has 2 nitrogen and oxygen atoms in total. The van der Waals surface area contributed by atoms with Crippen molar-refractivity contribution >= 4 is 28.3 Å². The lowest BCUT2D eigenvalue weighted by molar-refractivity contribution is 0.431. The lowest BCUT2D eigenvalue weighted by Gasteiger charge is -2.22. The second-order valence-electron chi connectivity index (χ2n) is 4.11. The van der Waals surface area contributed by atoms with Crippen molar-refractivity contribution in [3.63, 3.8) is 0 Å². The molecule has 0 unspecified atom stereocenters. The van der Waals surface area contributed by atoms with Crippen molar-refractivity contribution in [2.75, 3.05) is 12.3 Å². The summed E-state index contributed by atoms with van der Waals surface area (Å²) >= 11 is 6.95. The normalized spacial score (nSPS) is 19.3. The molecule has 1 aliphatic rings. The summed E-state index contributed by atoms with van der Waals surface area (Å²) in [6.07, 6.45) is 9.46. The van der Waals surface area contributed by atoms with E-state index in [4.69, 9.17) is 18.0 Å². The van der Waals surface area contributed by atoms with Crippen LogP contribution >= 0.6 is 24.0 Å². The minimum Gasteiger partial charge on any atom is -0.368 e. The van der Waals surface area contributed by atoms with Gasteiger partial charge in [0.25, 0.3) is 0 Å². The molecule has 1 rings (SSSR count). The molecule has 3 N–H and O–H groups in total. The lowest BCUT2D eigenvalue weighted by atomic mass is 9.97. The van der Waals surface area contributed by atoms with Gasteiger partial charge in [0.1, 0.15) is 4.32 Å². The van der Waals surface area contributed by atoms with Gasteiger partial charge in [0.15, 0.2) is 0 Å². The molecular weight excluding hydrogens is 224 g/mol. The molecule has 0 aliphatic heterocycles. The Morgan fingerprint density at radius 3 is 2.40 bits per heavy atom. The van der Waals surface area contributed by atoms with E-state index in [1.807, 2.05) is 0 Å². The highest BCUT2D eigenvalue weighted by Crippen LogP contribution is 2.17. The third kappa shape index (κ3) is 6.38. The molecule has 0 aromatic heterocycles. The van der Waals surface area contributed by atoms with Crippen molar-refractivity contribution in [1.29, 1.82) is 0 Å². The zero-order chi connectivity index (χ0) is 10.9. The summed E-state index contributed by atoms with van der Waals surface area (Å²) in [6.45, 7) is 0.706. The molecule has 0 heterocycles. The second-order valence-corrected chi connectivity index (χ2v) is 5.88. The SMILES string of the molecule is NCCSC(=S)NC1CCCCCCC1. The molecule has 1 fully saturated rings. The van der Waals surface area contributed by atoms with E-state index in [0.29, 0.717) is 12.6 Å². The summed E-state index contributed by atoms with van der Waals surface area (Å²) in [6, 6.07) is 0.614. The van der Waals surface area contributed by atoms with E-state index in [1.165, 1.54) is 44.9 Å². The summed E-state index contributed by atoms with van der Waals surface area (Å²) in [4.78, 5) is 0. The lowest BCUT2D eigenvalue weighted by Crippen LogP contribution is -2.32. The van der Waals surface area contributed by atoms with Crippen molar-refractivity contribution in [3.8, 4) is 0 Å². The molecule has 88 valence electrons. The molecule has 0 aromatic rings. The van der Waals surface area contributed by atoms with Gasteiger partial charge >= 0.3 is 0 Å². The van der Waals surface area contributed by atoms with Gasteiger partial charge in [0, 0.05) is 18.3 Å². The largest absolute Gasteiger partial charge is 0.368 e. The molecule has 0 atom stereocenters. The zero-order valence-corrected chi connectivity index (χ0v) is 11.0. The van der Waals surface area contributed by atoms with Crippen LogP contribution in [0.25, 0.3) is 0 Å². The highest BCUT2D eigenvalue weighted by Gasteiger charge is 2.11. The van der Waals surface area contributed by atoms with Crippen LogP contribution in [0.4, 0.5) is 0 Å². The third-order valence-electron chi connectivity index (χ3n) is 2.78. The molecule has 0 radical (unpaired) electrons. The molecule has 4 heteroatoms. The number of nitrogens with two attached hydrogens (primary N) is 1. The minimum absolute atomic E-state index is 0.614. The number of hydrogen-bond acceptors (Lipinski definition) is 3. The van der Waals surface area contributed by atoms with Crippen molar-refractivity contribution in [2.24, 2.45) is 5.73 Å². The van der Waals surface area contributed by atoms with Crippen molar-refractivity contribution < 1.29 is 0 Å². The summed E-state index contributed by atoms with van der Waals surface area (Å²) in [7, 11) is 0. The second kappa shape index (κ2) is 8.36. The van der Waals surface area contributed by atoms with Crippen LogP contribution in [0.1, 0.15) is 44.9 Å². The number of thioether (sulfide) groups is 1. The molecule has 1 saturated carbocycles. The summed E-state index contributed by atoms with van der Waals surface area (Å²) in [5.74, 6) is 0.929. The van der Waals surface area contributed by atoms with Crippen LogP contribution in [0.3, 0.4) is 0 Å². The zero-order valence-electron chi connectivity index (χ0n) is 9.34. The molecule has 0 aromatic carbocycles. The maximum Gasteiger partial charge on any atom is 0.134 e. The number of thiocarbonyl (C=S) groups is 1. The molecule has 0 bridgehead atoms. The van der Waals surface area contributed by atoms with Gasteiger partial charge in [-0.05, 0) is 12.8 Å². The quantitative estimate of drug-likeness (QED) is 0.751. The average molecular weight is 246 g/mol. The van der Waals surface area contributed by atoms with Gasteiger partial charge < -0.3 is 11.1 Å². The Morgan fingerprint density at radius 2 is 1.80 bits per heavy atom.